The van der Waals surface area contributed by atoms with Crippen molar-refractivity contribution >= 4 is 27.4 Å². The highest BCUT2D eigenvalue weighted by atomic mass is 79.9. The molecule has 0 unspecified atom stereocenters. The van der Waals surface area contributed by atoms with Crippen molar-refractivity contribution in [3.05, 3.63) is 47.3 Å². The fourth-order valence-corrected chi connectivity index (χ4v) is 3.87. The van der Waals surface area contributed by atoms with Gasteiger partial charge in [0.1, 0.15) is 17.2 Å². The number of nitrogens with zero attached hydrogens (tertiary/aromatic N) is 3. The second-order valence-corrected chi connectivity index (χ2v) is 9.29. The molecule has 0 amide bonds. The zero-order valence-electron chi connectivity index (χ0n) is 15.5. The van der Waals surface area contributed by atoms with Crippen LogP contribution in [-0.2, 0) is 0 Å². The molecule has 25 heavy (non-hydrogen) atoms. The van der Waals surface area contributed by atoms with Gasteiger partial charge in [-0.2, -0.15) is 0 Å². The first-order chi connectivity index (χ1) is 11.6. The summed E-state index contributed by atoms with van der Waals surface area (Å²) in [7, 11) is 0. The van der Waals surface area contributed by atoms with Gasteiger partial charge in [-0.1, -0.05) is 20.8 Å². The number of hydrogen-bond donors (Lipinski definition) is 1. The Labute approximate surface area is 157 Å². The van der Waals surface area contributed by atoms with Crippen molar-refractivity contribution in [3.8, 4) is 11.3 Å². The van der Waals surface area contributed by atoms with Gasteiger partial charge in [-0.3, -0.25) is 9.38 Å². The van der Waals surface area contributed by atoms with Crippen LogP contribution < -0.4 is 5.32 Å². The van der Waals surface area contributed by atoms with Gasteiger partial charge in [-0.15, -0.1) is 0 Å². The van der Waals surface area contributed by atoms with Crippen molar-refractivity contribution in [2.24, 2.45) is 5.41 Å². The van der Waals surface area contributed by atoms with E-state index in [1.165, 1.54) is 0 Å². The van der Waals surface area contributed by atoms with Gasteiger partial charge in [0.15, 0.2) is 0 Å². The summed E-state index contributed by atoms with van der Waals surface area (Å²) in [6.07, 6.45) is 6.73. The van der Waals surface area contributed by atoms with E-state index >= 15 is 0 Å². The average molecular weight is 401 g/mol. The molecule has 0 aliphatic carbocycles. The molecule has 5 heteroatoms. The van der Waals surface area contributed by atoms with Crippen molar-refractivity contribution in [1.82, 2.24) is 14.4 Å². The van der Waals surface area contributed by atoms with E-state index in [0.717, 1.165) is 33.6 Å². The monoisotopic (exact) mass is 400 g/mol. The molecule has 3 rings (SSSR count). The van der Waals surface area contributed by atoms with Gasteiger partial charge in [-0.25, -0.2) is 4.98 Å². The first-order valence-electron chi connectivity index (χ1n) is 8.51. The van der Waals surface area contributed by atoms with Crippen LogP contribution >= 0.6 is 15.9 Å². The van der Waals surface area contributed by atoms with Gasteiger partial charge in [0.2, 0.25) is 0 Å². The van der Waals surface area contributed by atoms with Crippen LogP contribution in [0.25, 0.3) is 16.9 Å². The lowest BCUT2D eigenvalue weighted by Crippen LogP contribution is -2.36. The summed E-state index contributed by atoms with van der Waals surface area (Å²) >= 11 is 3.57. The van der Waals surface area contributed by atoms with E-state index < -0.39 is 0 Å². The summed E-state index contributed by atoms with van der Waals surface area (Å²) in [6.45, 7) is 11.3. The Hall–Kier alpha value is -1.88. The highest BCUT2D eigenvalue weighted by Crippen LogP contribution is 2.35. The fourth-order valence-electron chi connectivity index (χ4n) is 3.53. The predicted molar refractivity (Wildman–Crippen MR) is 108 cm³/mol. The van der Waals surface area contributed by atoms with Gasteiger partial charge < -0.3 is 5.32 Å². The van der Waals surface area contributed by atoms with Crippen LogP contribution in [0, 0.1) is 5.41 Å². The summed E-state index contributed by atoms with van der Waals surface area (Å²) in [5, 5.41) is 3.74. The largest absolute Gasteiger partial charge is 0.364 e. The van der Waals surface area contributed by atoms with E-state index in [2.05, 4.69) is 71.4 Å². The Morgan fingerprint density at radius 1 is 1.12 bits per heavy atom. The van der Waals surface area contributed by atoms with Gasteiger partial charge in [0, 0.05) is 34.2 Å². The van der Waals surface area contributed by atoms with Gasteiger partial charge in [-0.05, 0) is 65.9 Å². The molecule has 0 atom stereocenters. The summed E-state index contributed by atoms with van der Waals surface area (Å²) in [5.74, 6) is 0.999. The lowest BCUT2D eigenvalue weighted by Gasteiger charge is -2.34. The van der Waals surface area contributed by atoms with Crippen LogP contribution in [-0.4, -0.2) is 19.9 Å². The van der Waals surface area contributed by atoms with Crippen LogP contribution in [0.1, 0.15) is 41.0 Å². The Bertz CT molecular complexity index is 876. The molecular formula is C20H25BrN4. The molecule has 0 saturated heterocycles. The zero-order chi connectivity index (χ0) is 18.2. The molecule has 3 aromatic rings. The van der Waals surface area contributed by atoms with Crippen molar-refractivity contribution in [1.29, 1.82) is 0 Å². The van der Waals surface area contributed by atoms with Crippen LogP contribution in [0.4, 0.5) is 5.82 Å². The quantitative estimate of drug-likeness (QED) is 0.602. The zero-order valence-corrected chi connectivity index (χ0v) is 17.1. The molecule has 132 valence electrons. The lowest BCUT2D eigenvalue weighted by atomic mass is 9.82. The molecule has 0 spiro atoms. The van der Waals surface area contributed by atoms with Crippen LogP contribution in [0.2, 0.25) is 0 Å². The summed E-state index contributed by atoms with van der Waals surface area (Å²) in [4.78, 5) is 9.10. The minimum Gasteiger partial charge on any atom is -0.364 e. The minimum absolute atomic E-state index is 0.0759. The number of hydrogen-bond acceptors (Lipinski definition) is 3. The standard InChI is InChI=1S/C20H25BrN4/c1-19(2,3)13-20(4,5)24-18-17(14-7-6-10-22-11-14)23-16-9-8-15(21)12-25(16)18/h6-12,24H,13H2,1-5H3. The molecule has 4 nitrogen and oxygen atoms in total. The van der Waals surface area contributed by atoms with E-state index in [4.69, 9.17) is 4.98 Å². The Morgan fingerprint density at radius 2 is 1.88 bits per heavy atom. The molecule has 0 aliphatic heterocycles. The predicted octanol–water partition coefficient (Wildman–Crippen LogP) is 5.79. The van der Waals surface area contributed by atoms with Crippen molar-refractivity contribution in [2.45, 2.75) is 46.6 Å². The number of anilines is 1. The Balaban J connectivity index is 2.13. The van der Waals surface area contributed by atoms with Crippen molar-refractivity contribution in [2.75, 3.05) is 5.32 Å². The molecule has 0 fully saturated rings. The normalized spacial score (nSPS) is 12.6. The maximum Gasteiger partial charge on any atom is 0.139 e. The maximum atomic E-state index is 4.84. The number of imidazole rings is 1. The average Bonchev–Trinajstić information content (AvgIpc) is 2.83. The molecule has 3 aromatic heterocycles. The topological polar surface area (TPSA) is 42.2 Å². The van der Waals surface area contributed by atoms with Gasteiger partial charge in [0.05, 0.1) is 0 Å². The Morgan fingerprint density at radius 3 is 2.52 bits per heavy atom. The summed E-state index contributed by atoms with van der Waals surface area (Å²) in [5.41, 5.74) is 3.00. The molecule has 0 aliphatic rings. The maximum absolute atomic E-state index is 4.84. The number of nitrogens with one attached hydrogen (secondary N) is 1. The highest BCUT2D eigenvalue weighted by Gasteiger charge is 2.28. The molecule has 3 heterocycles. The van der Waals surface area contributed by atoms with E-state index in [-0.39, 0.29) is 11.0 Å². The fraction of sp³-hybridized carbons (Fsp3) is 0.400. The molecule has 0 radical (unpaired) electrons. The van der Waals surface area contributed by atoms with Gasteiger partial charge >= 0.3 is 0 Å². The number of fused-ring (bicyclic) bond motifs is 1. The molecule has 0 aromatic carbocycles. The molecule has 0 saturated carbocycles. The molecule has 1 N–H and O–H groups in total. The summed E-state index contributed by atoms with van der Waals surface area (Å²) in [6, 6.07) is 8.02. The van der Waals surface area contributed by atoms with Crippen LogP contribution in [0.5, 0.6) is 0 Å². The van der Waals surface area contributed by atoms with E-state index in [0.29, 0.717) is 0 Å². The smallest absolute Gasteiger partial charge is 0.139 e. The number of rotatable bonds is 4. The third-order valence-corrected chi connectivity index (χ3v) is 4.42. The van der Waals surface area contributed by atoms with E-state index in [1.807, 2.05) is 30.5 Å². The van der Waals surface area contributed by atoms with E-state index in [1.54, 1.807) is 6.20 Å². The first-order valence-corrected chi connectivity index (χ1v) is 9.30. The third-order valence-electron chi connectivity index (χ3n) is 3.95. The van der Waals surface area contributed by atoms with Crippen molar-refractivity contribution < 1.29 is 0 Å². The summed E-state index contributed by atoms with van der Waals surface area (Å²) < 4.78 is 3.13. The third kappa shape index (κ3) is 4.21. The number of halogens is 1. The minimum atomic E-state index is -0.0759. The van der Waals surface area contributed by atoms with E-state index in [9.17, 15) is 0 Å². The van der Waals surface area contributed by atoms with Gasteiger partial charge in [0.25, 0.3) is 0 Å². The molecular weight excluding hydrogens is 376 g/mol. The van der Waals surface area contributed by atoms with Crippen LogP contribution in [0.3, 0.4) is 0 Å². The molecule has 0 bridgehead atoms. The SMILES string of the molecule is CC(C)(C)CC(C)(C)Nc1c(-c2cccnc2)nc2ccc(Br)cn12. The Kier molecular flexibility index (Phi) is 4.62. The van der Waals surface area contributed by atoms with Crippen molar-refractivity contribution in [3.63, 3.8) is 0 Å². The second kappa shape index (κ2) is 6.45. The number of pyridine rings is 2. The lowest BCUT2D eigenvalue weighted by molar-refractivity contribution is 0.302. The number of aromatic nitrogens is 3. The van der Waals surface area contributed by atoms with Crippen LogP contribution in [0.15, 0.2) is 47.3 Å². The first kappa shape index (κ1) is 17.9. The highest BCUT2D eigenvalue weighted by molar-refractivity contribution is 9.10. The second-order valence-electron chi connectivity index (χ2n) is 8.37.